The molecule has 0 aromatic rings. The van der Waals surface area contributed by atoms with Gasteiger partial charge in [-0.1, -0.05) is 0 Å². The molecule has 0 aromatic carbocycles. The number of nitrogens with one attached hydrogen (secondary N) is 2. The first-order valence-corrected chi connectivity index (χ1v) is 5.70. The van der Waals surface area contributed by atoms with E-state index in [1.54, 1.807) is 0 Å². The highest BCUT2D eigenvalue weighted by atomic mass is 16.6. The molecule has 0 saturated carbocycles. The summed E-state index contributed by atoms with van der Waals surface area (Å²) in [7, 11) is 0. The highest BCUT2D eigenvalue weighted by Gasteiger charge is 2.34. The van der Waals surface area contributed by atoms with Crippen molar-refractivity contribution >= 4 is 6.09 Å². The number of hydrogen-bond acceptors (Lipinski definition) is 4. The summed E-state index contributed by atoms with van der Waals surface area (Å²) in [5.74, 6) is 0. The van der Waals surface area contributed by atoms with Crippen LogP contribution in [-0.2, 0) is 4.74 Å². The second kappa shape index (κ2) is 5.01. The van der Waals surface area contributed by atoms with Crippen molar-refractivity contribution in [3.8, 4) is 0 Å². The van der Waals surface area contributed by atoms with Crippen molar-refractivity contribution in [3.63, 3.8) is 0 Å². The molecule has 1 amide bonds. The molecule has 3 N–H and O–H groups in total. The molecular weight excluding hydrogens is 208 g/mol. The van der Waals surface area contributed by atoms with E-state index in [0.717, 1.165) is 19.4 Å². The third kappa shape index (κ3) is 3.98. The minimum atomic E-state index is -0.569. The summed E-state index contributed by atoms with van der Waals surface area (Å²) in [5, 5.41) is 15.3. The van der Waals surface area contributed by atoms with Gasteiger partial charge in [-0.3, -0.25) is 0 Å². The van der Waals surface area contributed by atoms with Crippen LogP contribution in [0.2, 0.25) is 0 Å². The molecule has 1 fully saturated rings. The van der Waals surface area contributed by atoms with E-state index in [1.807, 2.05) is 20.8 Å². The Kier molecular flexibility index (Phi) is 4.15. The number of carbonyl (C=O) groups is 1. The van der Waals surface area contributed by atoms with Crippen molar-refractivity contribution in [1.29, 1.82) is 0 Å². The average molecular weight is 230 g/mol. The largest absolute Gasteiger partial charge is 0.444 e. The Morgan fingerprint density at radius 2 is 2.25 bits per heavy atom. The van der Waals surface area contributed by atoms with Crippen LogP contribution in [0.25, 0.3) is 0 Å². The lowest BCUT2D eigenvalue weighted by molar-refractivity contribution is 0.0364. The molecule has 1 saturated heterocycles. The van der Waals surface area contributed by atoms with Gasteiger partial charge in [0.2, 0.25) is 0 Å². The van der Waals surface area contributed by atoms with Crippen LogP contribution in [0.4, 0.5) is 4.79 Å². The second-order valence-corrected chi connectivity index (χ2v) is 5.35. The molecule has 5 nitrogen and oxygen atoms in total. The van der Waals surface area contributed by atoms with Crippen molar-refractivity contribution < 1.29 is 14.6 Å². The van der Waals surface area contributed by atoms with Crippen LogP contribution in [0.15, 0.2) is 0 Å². The Hall–Kier alpha value is -0.810. The van der Waals surface area contributed by atoms with Crippen LogP contribution in [-0.4, -0.2) is 42.0 Å². The van der Waals surface area contributed by atoms with Crippen LogP contribution in [0.1, 0.15) is 33.6 Å². The van der Waals surface area contributed by atoms with Gasteiger partial charge in [-0.05, 0) is 40.2 Å². The number of aliphatic hydroxyl groups is 1. The standard InChI is InChI=1S/C11H22N2O3/c1-10(2,3)16-9(15)13-11(8-14)5-4-6-12-7-11/h12,14H,4-8H2,1-3H3,(H,13,15). The van der Waals surface area contributed by atoms with E-state index in [-0.39, 0.29) is 6.61 Å². The van der Waals surface area contributed by atoms with Crippen LogP contribution >= 0.6 is 0 Å². The molecule has 0 aromatic heterocycles. The molecule has 0 aliphatic carbocycles. The zero-order chi connectivity index (χ0) is 12.2. The fourth-order valence-corrected chi connectivity index (χ4v) is 1.77. The number of aliphatic hydroxyl groups excluding tert-OH is 1. The molecule has 0 bridgehead atoms. The monoisotopic (exact) mass is 230 g/mol. The van der Waals surface area contributed by atoms with Gasteiger partial charge >= 0.3 is 6.09 Å². The fourth-order valence-electron chi connectivity index (χ4n) is 1.77. The zero-order valence-corrected chi connectivity index (χ0v) is 10.3. The van der Waals surface area contributed by atoms with E-state index in [4.69, 9.17) is 4.74 Å². The number of hydrogen-bond donors (Lipinski definition) is 3. The van der Waals surface area contributed by atoms with Crippen LogP contribution in [0.5, 0.6) is 0 Å². The molecular formula is C11H22N2O3. The molecule has 0 radical (unpaired) electrons. The molecule has 1 aliphatic heterocycles. The Labute approximate surface area is 96.6 Å². The van der Waals surface area contributed by atoms with E-state index in [1.165, 1.54) is 0 Å². The van der Waals surface area contributed by atoms with Gasteiger partial charge in [-0.25, -0.2) is 4.79 Å². The van der Waals surface area contributed by atoms with E-state index in [0.29, 0.717) is 6.54 Å². The number of amides is 1. The topological polar surface area (TPSA) is 70.6 Å². The number of carbonyl (C=O) groups excluding carboxylic acids is 1. The summed E-state index contributed by atoms with van der Waals surface area (Å²) in [5.41, 5.74) is -1.08. The second-order valence-electron chi connectivity index (χ2n) is 5.35. The number of alkyl carbamates (subject to hydrolysis) is 1. The van der Waals surface area contributed by atoms with E-state index >= 15 is 0 Å². The third-order valence-corrected chi connectivity index (χ3v) is 2.54. The van der Waals surface area contributed by atoms with Gasteiger partial charge in [0.15, 0.2) is 0 Å². The van der Waals surface area contributed by atoms with Gasteiger partial charge in [0.05, 0.1) is 12.1 Å². The normalized spacial score (nSPS) is 26.2. The summed E-state index contributed by atoms with van der Waals surface area (Å²) in [6, 6.07) is 0. The zero-order valence-electron chi connectivity index (χ0n) is 10.3. The Morgan fingerprint density at radius 3 is 2.69 bits per heavy atom. The van der Waals surface area contributed by atoms with Gasteiger partial charge < -0.3 is 20.5 Å². The van der Waals surface area contributed by atoms with Crippen molar-refractivity contribution in [3.05, 3.63) is 0 Å². The molecule has 1 aliphatic rings. The number of rotatable bonds is 2. The van der Waals surface area contributed by atoms with E-state index in [2.05, 4.69) is 10.6 Å². The van der Waals surface area contributed by atoms with Crippen molar-refractivity contribution in [1.82, 2.24) is 10.6 Å². The van der Waals surface area contributed by atoms with Crippen molar-refractivity contribution in [2.24, 2.45) is 0 Å². The summed E-state index contributed by atoms with van der Waals surface area (Å²) < 4.78 is 5.18. The molecule has 1 atom stereocenters. The van der Waals surface area contributed by atoms with Gasteiger partial charge in [-0.15, -0.1) is 0 Å². The maximum Gasteiger partial charge on any atom is 0.408 e. The predicted molar refractivity (Wildman–Crippen MR) is 61.3 cm³/mol. The van der Waals surface area contributed by atoms with Crippen molar-refractivity contribution in [2.75, 3.05) is 19.7 Å². The fraction of sp³-hybridized carbons (Fsp3) is 0.909. The highest BCUT2D eigenvalue weighted by Crippen LogP contribution is 2.16. The summed E-state index contributed by atoms with van der Waals surface area (Å²) >= 11 is 0. The lowest BCUT2D eigenvalue weighted by atomic mass is 9.91. The first-order chi connectivity index (χ1) is 7.37. The van der Waals surface area contributed by atoms with Crippen LogP contribution in [0, 0.1) is 0 Å². The molecule has 0 spiro atoms. The number of piperidine rings is 1. The highest BCUT2D eigenvalue weighted by molar-refractivity contribution is 5.68. The summed E-state index contributed by atoms with van der Waals surface area (Å²) in [4.78, 5) is 11.6. The third-order valence-electron chi connectivity index (χ3n) is 2.54. The quantitative estimate of drug-likeness (QED) is 0.650. The molecule has 1 heterocycles. The lowest BCUT2D eigenvalue weighted by Crippen LogP contribution is -2.60. The molecule has 1 rings (SSSR count). The Bertz CT molecular complexity index is 242. The van der Waals surface area contributed by atoms with Gasteiger partial charge in [0.25, 0.3) is 0 Å². The van der Waals surface area contributed by atoms with Gasteiger partial charge in [0.1, 0.15) is 5.60 Å². The van der Waals surface area contributed by atoms with Crippen molar-refractivity contribution in [2.45, 2.75) is 44.8 Å². The molecule has 94 valence electrons. The molecule has 16 heavy (non-hydrogen) atoms. The minimum absolute atomic E-state index is 0.0702. The van der Waals surface area contributed by atoms with Gasteiger partial charge in [-0.2, -0.15) is 0 Å². The molecule has 1 unspecified atom stereocenters. The predicted octanol–water partition coefficient (Wildman–Crippen LogP) is 0.626. The minimum Gasteiger partial charge on any atom is -0.444 e. The Balaban J connectivity index is 2.52. The SMILES string of the molecule is CC(C)(C)OC(=O)NC1(CO)CCCNC1. The van der Waals surface area contributed by atoms with Crippen LogP contribution in [0.3, 0.4) is 0 Å². The first-order valence-electron chi connectivity index (χ1n) is 5.70. The maximum atomic E-state index is 11.6. The Morgan fingerprint density at radius 1 is 1.56 bits per heavy atom. The van der Waals surface area contributed by atoms with E-state index < -0.39 is 17.2 Å². The lowest BCUT2D eigenvalue weighted by Gasteiger charge is -2.37. The molecule has 5 heteroatoms. The van der Waals surface area contributed by atoms with E-state index in [9.17, 15) is 9.90 Å². The smallest absolute Gasteiger partial charge is 0.408 e. The summed E-state index contributed by atoms with van der Waals surface area (Å²) in [6.07, 6.45) is 1.25. The first kappa shape index (κ1) is 13.3. The average Bonchev–Trinajstić information content (AvgIpc) is 2.16. The number of ether oxygens (including phenoxy) is 1. The van der Waals surface area contributed by atoms with Crippen LogP contribution < -0.4 is 10.6 Å². The summed E-state index contributed by atoms with van der Waals surface area (Å²) in [6.45, 7) is 6.89. The maximum absolute atomic E-state index is 11.6. The van der Waals surface area contributed by atoms with Gasteiger partial charge in [0, 0.05) is 6.54 Å².